The molecule has 0 bridgehead atoms. The molecule has 1 saturated carbocycles. The van der Waals surface area contributed by atoms with Crippen LogP contribution >= 0.6 is 0 Å². The Kier molecular flexibility index (Phi) is 5.28. The van der Waals surface area contributed by atoms with Crippen LogP contribution in [0.5, 0.6) is 0 Å². The molecule has 116 valence electrons. The average molecular weight is 288 g/mol. The fraction of sp³-hybridized carbons (Fsp3) is 0.667. The average Bonchev–Trinajstić information content (AvgIpc) is 3.03. The molecule has 21 heavy (non-hydrogen) atoms. The van der Waals surface area contributed by atoms with Crippen LogP contribution in [0.15, 0.2) is 30.3 Å². The molecule has 3 heteroatoms. The summed E-state index contributed by atoms with van der Waals surface area (Å²) in [5.41, 5.74) is 1.39. The highest BCUT2D eigenvalue weighted by molar-refractivity contribution is 5.20. The van der Waals surface area contributed by atoms with E-state index in [2.05, 4.69) is 47.5 Å². The van der Waals surface area contributed by atoms with Crippen molar-refractivity contribution in [2.24, 2.45) is 0 Å². The van der Waals surface area contributed by atoms with Crippen molar-refractivity contribution in [1.29, 1.82) is 0 Å². The number of ether oxygens (including phenoxy) is 1. The lowest BCUT2D eigenvalue weighted by molar-refractivity contribution is 0.0263. The highest BCUT2D eigenvalue weighted by Crippen LogP contribution is 2.22. The van der Waals surface area contributed by atoms with Crippen molar-refractivity contribution < 1.29 is 4.74 Å². The summed E-state index contributed by atoms with van der Waals surface area (Å²) in [6.07, 6.45) is 5.77. The number of piperazine rings is 1. The molecule has 3 rings (SSSR count). The summed E-state index contributed by atoms with van der Waals surface area (Å²) in [7, 11) is 0. The molecule has 1 N–H and O–H groups in total. The Bertz CT molecular complexity index is 416. The molecule has 0 aromatic heterocycles. The van der Waals surface area contributed by atoms with Gasteiger partial charge in [0.2, 0.25) is 0 Å². The Labute approximate surface area is 128 Å². The number of hydrogen-bond acceptors (Lipinski definition) is 3. The van der Waals surface area contributed by atoms with Gasteiger partial charge < -0.3 is 10.1 Å². The summed E-state index contributed by atoms with van der Waals surface area (Å²) < 4.78 is 6.03. The number of nitrogens with zero attached hydrogens (tertiary/aromatic N) is 1. The molecule has 1 aromatic rings. The van der Waals surface area contributed by atoms with Gasteiger partial charge in [-0.2, -0.15) is 0 Å². The van der Waals surface area contributed by atoms with Crippen LogP contribution in [0.3, 0.4) is 0 Å². The summed E-state index contributed by atoms with van der Waals surface area (Å²) >= 11 is 0. The summed E-state index contributed by atoms with van der Waals surface area (Å²) in [4.78, 5) is 2.57. The summed E-state index contributed by atoms with van der Waals surface area (Å²) in [6.45, 7) is 6.39. The lowest BCUT2D eigenvalue weighted by Gasteiger charge is -2.39. The predicted molar refractivity (Wildman–Crippen MR) is 86.4 cm³/mol. The Hall–Kier alpha value is -0.900. The topological polar surface area (TPSA) is 24.5 Å². The van der Waals surface area contributed by atoms with Gasteiger partial charge >= 0.3 is 0 Å². The third kappa shape index (κ3) is 4.06. The first-order chi connectivity index (χ1) is 10.3. The van der Waals surface area contributed by atoms with Gasteiger partial charge in [-0.3, -0.25) is 4.90 Å². The molecule has 1 aromatic carbocycles. The van der Waals surface area contributed by atoms with E-state index in [1.807, 2.05) is 0 Å². The predicted octanol–water partition coefficient (Wildman–Crippen LogP) is 2.98. The van der Waals surface area contributed by atoms with Crippen LogP contribution in [-0.2, 0) is 4.74 Å². The zero-order valence-corrected chi connectivity index (χ0v) is 13.1. The van der Waals surface area contributed by atoms with E-state index in [0.717, 1.165) is 26.2 Å². The normalized spacial score (nSPS) is 28.0. The van der Waals surface area contributed by atoms with Crippen molar-refractivity contribution in [3.8, 4) is 0 Å². The van der Waals surface area contributed by atoms with Gasteiger partial charge in [0.25, 0.3) is 0 Å². The van der Waals surface area contributed by atoms with Crippen LogP contribution in [0.25, 0.3) is 0 Å². The third-order valence-electron chi connectivity index (χ3n) is 4.94. The van der Waals surface area contributed by atoms with Crippen molar-refractivity contribution in [2.45, 2.75) is 50.8 Å². The van der Waals surface area contributed by atoms with E-state index in [4.69, 9.17) is 4.74 Å². The number of benzene rings is 1. The van der Waals surface area contributed by atoms with Gasteiger partial charge in [-0.05, 0) is 25.3 Å². The summed E-state index contributed by atoms with van der Waals surface area (Å²) in [5, 5.41) is 3.66. The van der Waals surface area contributed by atoms with E-state index in [9.17, 15) is 0 Å². The number of hydrogen-bond donors (Lipinski definition) is 1. The minimum atomic E-state index is 0.453. The van der Waals surface area contributed by atoms with Crippen LogP contribution in [0.4, 0.5) is 0 Å². The van der Waals surface area contributed by atoms with Crippen molar-refractivity contribution in [3.05, 3.63) is 35.9 Å². The molecule has 1 heterocycles. The highest BCUT2D eigenvalue weighted by atomic mass is 16.5. The molecule has 2 aliphatic rings. The van der Waals surface area contributed by atoms with Crippen molar-refractivity contribution in [1.82, 2.24) is 10.2 Å². The maximum Gasteiger partial charge on any atom is 0.0597 e. The number of nitrogens with one attached hydrogen (secondary N) is 1. The largest absolute Gasteiger partial charge is 0.377 e. The van der Waals surface area contributed by atoms with E-state index in [0.29, 0.717) is 18.2 Å². The Balaban J connectivity index is 1.49. The van der Waals surface area contributed by atoms with Crippen molar-refractivity contribution in [2.75, 3.05) is 26.2 Å². The third-order valence-corrected chi connectivity index (χ3v) is 4.94. The second kappa shape index (κ2) is 7.39. The van der Waals surface area contributed by atoms with Crippen LogP contribution in [0.1, 0.15) is 44.2 Å². The first-order valence-corrected chi connectivity index (χ1v) is 8.47. The number of rotatable bonds is 5. The maximum absolute atomic E-state index is 6.03. The first-order valence-electron chi connectivity index (χ1n) is 8.47. The molecular weight excluding hydrogens is 260 g/mol. The van der Waals surface area contributed by atoms with Gasteiger partial charge in [-0.1, -0.05) is 43.2 Å². The van der Waals surface area contributed by atoms with Crippen molar-refractivity contribution >= 4 is 0 Å². The second-order valence-corrected chi connectivity index (χ2v) is 6.49. The molecule has 2 atom stereocenters. The van der Waals surface area contributed by atoms with Crippen LogP contribution in [0, 0.1) is 0 Å². The van der Waals surface area contributed by atoms with Gasteiger partial charge in [0.05, 0.1) is 12.7 Å². The molecule has 0 radical (unpaired) electrons. The molecule has 1 aliphatic carbocycles. The van der Waals surface area contributed by atoms with Crippen LogP contribution in [0.2, 0.25) is 0 Å². The quantitative estimate of drug-likeness (QED) is 0.901. The van der Waals surface area contributed by atoms with E-state index >= 15 is 0 Å². The minimum absolute atomic E-state index is 0.453. The fourth-order valence-corrected chi connectivity index (χ4v) is 3.53. The maximum atomic E-state index is 6.03. The van der Waals surface area contributed by atoms with E-state index < -0.39 is 0 Å². The monoisotopic (exact) mass is 288 g/mol. The van der Waals surface area contributed by atoms with Gasteiger partial charge in [0.1, 0.15) is 0 Å². The zero-order valence-electron chi connectivity index (χ0n) is 13.1. The molecule has 1 saturated heterocycles. The fourth-order valence-electron chi connectivity index (χ4n) is 3.53. The molecule has 2 unspecified atom stereocenters. The van der Waals surface area contributed by atoms with Crippen LogP contribution in [-0.4, -0.2) is 43.3 Å². The molecular formula is C18H28N2O. The molecule has 3 nitrogen and oxygen atoms in total. The van der Waals surface area contributed by atoms with E-state index in [1.165, 1.54) is 31.2 Å². The highest BCUT2D eigenvalue weighted by Gasteiger charge is 2.25. The summed E-state index contributed by atoms with van der Waals surface area (Å²) in [5.74, 6) is 0. The van der Waals surface area contributed by atoms with Gasteiger partial charge in [-0.25, -0.2) is 0 Å². The second-order valence-electron chi connectivity index (χ2n) is 6.49. The molecule has 1 aliphatic heterocycles. The lowest BCUT2D eigenvalue weighted by Crippen LogP contribution is -2.52. The van der Waals surface area contributed by atoms with E-state index in [-0.39, 0.29) is 0 Å². The van der Waals surface area contributed by atoms with Crippen molar-refractivity contribution in [3.63, 3.8) is 0 Å². The Morgan fingerprint density at radius 3 is 2.71 bits per heavy atom. The Morgan fingerprint density at radius 2 is 1.95 bits per heavy atom. The van der Waals surface area contributed by atoms with E-state index in [1.54, 1.807) is 0 Å². The standard InChI is InChI=1S/C18H28N2O/c1-15-13-19-18(16-7-3-2-4-8-16)14-20(15)11-12-21-17-9-5-6-10-17/h2-4,7-8,15,17-19H,5-6,9-14H2,1H3. The van der Waals surface area contributed by atoms with Gasteiger partial charge in [0.15, 0.2) is 0 Å². The lowest BCUT2D eigenvalue weighted by atomic mass is 10.0. The Morgan fingerprint density at radius 1 is 1.19 bits per heavy atom. The summed E-state index contributed by atoms with van der Waals surface area (Å²) in [6, 6.07) is 11.8. The minimum Gasteiger partial charge on any atom is -0.377 e. The first kappa shape index (κ1) is 15.0. The van der Waals surface area contributed by atoms with Gasteiger partial charge in [-0.15, -0.1) is 0 Å². The molecule has 0 amide bonds. The van der Waals surface area contributed by atoms with Gasteiger partial charge in [0, 0.05) is 31.7 Å². The smallest absolute Gasteiger partial charge is 0.0597 e. The molecule has 0 spiro atoms. The SMILES string of the molecule is CC1CNC(c2ccccc2)CN1CCOC1CCCC1. The zero-order chi connectivity index (χ0) is 14.5. The van der Waals surface area contributed by atoms with Crippen LogP contribution < -0.4 is 5.32 Å². The molecule has 2 fully saturated rings.